The van der Waals surface area contributed by atoms with Crippen molar-refractivity contribution in [2.45, 2.75) is 20.8 Å². The van der Waals surface area contributed by atoms with E-state index in [0.717, 1.165) is 16.9 Å². The van der Waals surface area contributed by atoms with Crippen molar-refractivity contribution in [2.75, 3.05) is 11.9 Å². The number of thiocarbonyl (C=S) groups is 1. The van der Waals surface area contributed by atoms with E-state index in [4.69, 9.17) is 21.9 Å². The minimum Gasteiger partial charge on any atom is -0.493 e. The second kappa shape index (κ2) is 11.1. The summed E-state index contributed by atoms with van der Waals surface area (Å²) in [5.41, 5.74) is 3.60. The molecule has 8 nitrogen and oxygen atoms in total. The summed E-state index contributed by atoms with van der Waals surface area (Å²) < 4.78 is 5.86. The highest BCUT2D eigenvalue weighted by Gasteiger charge is 2.17. The molecule has 2 N–H and O–H groups in total. The molecule has 4 aromatic rings. The molecule has 0 aliphatic heterocycles. The van der Waals surface area contributed by atoms with Crippen LogP contribution in [0.25, 0.3) is 22.2 Å². The number of nitrogens with zero attached hydrogens (tertiary/aromatic N) is 2. The van der Waals surface area contributed by atoms with Crippen LogP contribution in [-0.4, -0.2) is 27.5 Å². The number of carbonyl (C=O) groups excluding carboxylic acids is 1. The van der Waals surface area contributed by atoms with Gasteiger partial charge in [-0.25, -0.2) is 4.98 Å². The van der Waals surface area contributed by atoms with E-state index >= 15 is 0 Å². The molecule has 0 atom stereocenters. The van der Waals surface area contributed by atoms with Gasteiger partial charge in [-0.2, -0.15) is 0 Å². The summed E-state index contributed by atoms with van der Waals surface area (Å²) in [6.45, 7) is 6.55. The second-order valence-electron chi connectivity index (χ2n) is 8.97. The summed E-state index contributed by atoms with van der Waals surface area (Å²) in [6, 6.07) is 21.1. The predicted octanol–water partition coefficient (Wildman–Crippen LogP) is 6.28. The van der Waals surface area contributed by atoms with Crippen molar-refractivity contribution >= 4 is 45.5 Å². The molecule has 0 unspecified atom stereocenters. The molecule has 1 amide bonds. The minimum atomic E-state index is -0.486. The standard InChI is InChI=1S/C28H26N4O4S/c1-17(2)16-36-21-8-6-7-19(13-21)26-15-23(22-9-4-5-10-24(22)29-26)27(33)31-28(37)30-25-14-20(32(34)35)12-11-18(25)3/h4-15,17H,16H2,1-3H3,(H2,30,31,33,37). The number of carbonyl (C=O) groups is 1. The zero-order chi connectivity index (χ0) is 26.5. The molecule has 0 radical (unpaired) electrons. The maximum atomic E-state index is 13.3. The largest absolute Gasteiger partial charge is 0.493 e. The lowest BCUT2D eigenvalue weighted by molar-refractivity contribution is -0.384. The number of aryl methyl sites for hydroxylation is 1. The lowest BCUT2D eigenvalue weighted by Crippen LogP contribution is -2.34. The number of amides is 1. The SMILES string of the molecule is Cc1ccc([N+](=O)[O-])cc1NC(=S)NC(=O)c1cc(-c2cccc(OCC(C)C)c2)nc2ccccc12. The molecular formula is C28H26N4O4S. The third kappa shape index (κ3) is 6.25. The van der Waals surface area contributed by atoms with Crippen molar-refractivity contribution in [1.82, 2.24) is 10.3 Å². The molecule has 0 saturated heterocycles. The van der Waals surface area contributed by atoms with Crippen LogP contribution in [-0.2, 0) is 0 Å². The lowest BCUT2D eigenvalue weighted by Gasteiger charge is -2.14. The van der Waals surface area contributed by atoms with Gasteiger partial charge in [-0.05, 0) is 54.9 Å². The van der Waals surface area contributed by atoms with Crippen molar-refractivity contribution < 1.29 is 14.5 Å². The number of rotatable bonds is 7. The van der Waals surface area contributed by atoms with Crippen LogP contribution in [0.2, 0.25) is 0 Å². The molecule has 4 rings (SSSR count). The highest BCUT2D eigenvalue weighted by atomic mass is 32.1. The molecule has 1 aromatic heterocycles. The number of hydrogen-bond donors (Lipinski definition) is 2. The van der Waals surface area contributed by atoms with Crippen molar-refractivity contribution in [3.05, 3.63) is 94.0 Å². The van der Waals surface area contributed by atoms with Crippen LogP contribution in [0.3, 0.4) is 0 Å². The Morgan fingerprint density at radius 1 is 1.08 bits per heavy atom. The Balaban J connectivity index is 1.62. The van der Waals surface area contributed by atoms with Gasteiger partial charge in [0.25, 0.3) is 11.6 Å². The van der Waals surface area contributed by atoms with Gasteiger partial charge in [0.15, 0.2) is 5.11 Å². The third-order valence-electron chi connectivity index (χ3n) is 5.58. The number of anilines is 1. The first-order valence-corrected chi connectivity index (χ1v) is 12.1. The number of non-ortho nitro benzene ring substituents is 1. The number of para-hydroxylation sites is 1. The van der Waals surface area contributed by atoms with Crippen LogP contribution in [0.5, 0.6) is 5.75 Å². The molecule has 0 aliphatic carbocycles. The van der Waals surface area contributed by atoms with E-state index in [9.17, 15) is 14.9 Å². The fourth-order valence-corrected chi connectivity index (χ4v) is 3.90. The fraction of sp³-hybridized carbons (Fsp3) is 0.179. The molecule has 0 aliphatic rings. The number of hydrogen-bond acceptors (Lipinski definition) is 6. The van der Waals surface area contributed by atoms with Crippen LogP contribution < -0.4 is 15.4 Å². The zero-order valence-corrected chi connectivity index (χ0v) is 21.5. The van der Waals surface area contributed by atoms with Crippen LogP contribution in [0.4, 0.5) is 11.4 Å². The van der Waals surface area contributed by atoms with Gasteiger partial charge in [0, 0.05) is 28.8 Å². The Morgan fingerprint density at radius 2 is 1.86 bits per heavy atom. The quantitative estimate of drug-likeness (QED) is 0.170. The van der Waals surface area contributed by atoms with Crippen molar-refractivity contribution in [2.24, 2.45) is 5.92 Å². The zero-order valence-electron chi connectivity index (χ0n) is 20.6. The van der Waals surface area contributed by atoms with Crippen LogP contribution in [0.15, 0.2) is 72.8 Å². The maximum Gasteiger partial charge on any atom is 0.271 e. The summed E-state index contributed by atoms with van der Waals surface area (Å²) >= 11 is 5.35. The van der Waals surface area contributed by atoms with Gasteiger partial charge in [-0.15, -0.1) is 0 Å². The first-order chi connectivity index (χ1) is 17.7. The average Bonchev–Trinajstić information content (AvgIpc) is 2.88. The summed E-state index contributed by atoms with van der Waals surface area (Å²) in [5, 5.41) is 17.4. The summed E-state index contributed by atoms with van der Waals surface area (Å²) in [4.78, 5) is 28.8. The summed E-state index contributed by atoms with van der Waals surface area (Å²) in [5.74, 6) is 0.693. The first kappa shape index (κ1) is 25.7. The van der Waals surface area contributed by atoms with Gasteiger partial charge in [-0.3, -0.25) is 20.2 Å². The second-order valence-corrected chi connectivity index (χ2v) is 9.38. The van der Waals surface area contributed by atoms with E-state index in [1.807, 2.05) is 48.5 Å². The fourth-order valence-electron chi connectivity index (χ4n) is 3.70. The van der Waals surface area contributed by atoms with Crippen LogP contribution >= 0.6 is 12.2 Å². The molecule has 9 heteroatoms. The number of nitro benzene ring substituents is 1. The van der Waals surface area contributed by atoms with E-state index in [1.54, 1.807) is 19.1 Å². The van der Waals surface area contributed by atoms with Gasteiger partial charge in [0.2, 0.25) is 0 Å². The molecule has 0 fully saturated rings. The number of benzene rings is 3. The monoisotopic (exact) mass is 514 g/mol. The van der Waals surface area contributed by atoms with Gasteiger partial charge in [0.1, 0.15) is 5.75 Å². The molecule has 188 valence electrons. The molecular weight excluding hydrogens is 488 g/mol. The molecule has 0 bridgehead atoms. The lowest BCUT2D eigenvalue weighted by atomic mass is 10.0. The summed E-state index contributed by atoms with van der Waals surface area (Å²) in [6.07, 6.45) is 0. The maximum absolute atomic E-state index is 13.3. The number of nitro groups is 1. The number of aromatic nitrogens is 1. The Bertz CT molecular complexity index is 1500. The van der Waals surface area contributed by atoms with Crippen molar-refractivity contribution in [1.29, 1.82) is 0 Å². The highest BCUT2D eigenvalue weighted by molar-refractivity contribution is 7.80. The Morgan fingerprint density at radius 3 is 2.62 bits per heavy atom. The average molecular weight is 515 g/mol. The molecule has 3 aromatic carbocycles. The Kier molecular flexibility index (Phi) is 7.74. The molecule has 37 heavy (non-hydrogen) atoms. The van der Waals surface area contributed by atoms with Gasteiger partial charge in [0.05, 0.1) is 28.3 Å². The third-order valence-corrected chi connectivity index (χ3v) is 5.79. The van der Waals surface area contributed by atoms with E-state index < -0.39 is 10.8 Å². The number of pyridine rings is 1. The van der Waals surface area contributed by atoms with E-state index in [2.05, 4.69) is 24.5 Å². The number of fused-ring (bicyclic) bond motifs is 1. The highest BCUT2D eigenvalue weighted by Crippen LogP contribution is 2.28. The van der Waals surface area contributed by atoms with E-state index in [1.165, 1.54) is 12.1 Å². The predicted molar refractivity (Wildman–Crippen MR) is 149 cm³/mol. The van der Waals surface area contributed by atoms with E-state index in [-0.39, 0.29) is 10.8 Å². The number of ether oxygens (including phenoxy) is 1. The van der Waals surface area contributed by atoms with Crippen molar-refractivity contribution in [3.8, 4) is 17.0 Å². The first-order valence-electron chi connectivity index (χ1n) is 11.7. The van der Waals surface area contributed by atoms with Crippen LogP contribution in [0, 0.1) is 23.0 Å². The van der Waals surface area contributed by atoms with Crippen LogP contribution in [0.1, 0.15) is 29.8 Å². The molecule has 1 heterocycles. The Hall–Kier alpha value is -4.37. The van der Waals surface area contributed by atoms with Gasteiger partial charge < -0.3 is 10.1 Å². The topological polar surface area (TPSA) is 106 Å². The molecule has 0 saturated carbocycles. The summed E-state index contributed by atoms with van der Waals surface area (Å²) in [7, 11) is 0. The van der Waals surface area contributed by atoms with Crippen molar-refractivity contribution in [3.63, 3.8) is 0 Å². The van der Waals surface area contributed by atoms with Gasteiger partial charge in [-0.1, -0.05) is 50.2 Å². The van der Waals surface area contributed by atoms with E-state index in [0.29, 0.717) is 40.4 Å². The smallest absolute Gasteiger partial charge is 0.271 e. The molecule has 0 spiro atoms. The minimum absolute atomic E-state index is 0.0279. The Labute approximate surface area is 219 Å². The number of nitrogens with one attached hydrogen (secondary N) is 2. The normalized spacial score (nSPS) is 10.8. The van der Waals surface area contributed by atoms with Gasteiger partial charge >= 0.3 is 0 Å².